The Bertz CT molecular complexity index is 623. The van der Waals surface area contributed by atoms with Crippen LogP contribution in [-0.4, -0.2) is 12.5 Å². The summed E-state index contributed by atoms with van der Waals surface area (Å²) in [5.41, 5.74) is 3.49. The van der Waals surface area contributed by atoms with Gasteiger partial charge in [-0.1, -0.05) is 43.3 Å². The van der Waals surface area contributed by atoms with E-state index in [0.717, 1.165) is 23.3 Å². The standard InChI is InChI=1S/C19H23NO2/c1-4-18(16-8-6-5-7-9-16)20-19(21)13-22-17-11-10-14(2)15(3)12-17/h5-12,18H,4,13H2,1-3H3,(H,20,21)/t18-/m0/s1. The molecular formula is C19H23NO2. The van der Waals surface area contributed by atoms with Crippen molar-refractivity contribution in [2.45, 2.75) is 33.2 Å². The average molecular weight is 297 g/mol. The van der Waals surface area contributed by atoms with Gasteiger partial charge in [-0.2, -0.15) is 0 Å². The number of hydrogen-bond donors (Lipinski definition) is 1. The Kier molecular flexibility index (Phi) is 5.59. The van der Waals surface area contributed by atoms with Gasteiger partial charge >= 0.3 is 0 Å². The largest absolute Gasteiger partial charge is 0.484 e. The molecule has 0 aliphatic carbocycles. The molecular weight excluding hydrogens is 274 g/mol. The maximum atomic E-state index is 12.1. The van der Waals surface area contributed by atoms with E-state index in [1.807, 2.05) is 55.5 Å². The number of aryl methyl sites for hydroxylation is 2. The number of nitrogens with one attached hydrogen (secondary N) is 1. The van der Waals surface area contributed by atoms with Crippen LogP contribution in [0.25, 0.3) is 0 Å². The summed E-state index contributed by atoms with van der Waals surface area (Å²) in [7, 11) is 0. The second-order valence-corrected chi connectivity index (χ2v) is 5.47. The van der Waals surface area contributed by atoms with E-state index >= 15 is 0 Å². The lowest BCUT2D eigenvalue weighted by molar-refractivity contribution is -0.123. The van der Waals surface area contributed by atoms with Crippen LogP contribution in [0.2, 0.25) is 0 Å². The van der Waals surface area contributed by atoms with Gasteiger partial charge in [-0.25, -0.2) is 0 Å². The minimum Gasteiger partial charge on any atom is -0.484 e. The van der Waals surface area contributed by atoms with E-state index in [4.69, 9.17) is 4.74 Å². The van der Waals surface area contributed by atoms with Crippen molar-refractivity contribution in [2.75, 3.05) is 6.61 Å². The number of benzene rings is 2. The summed E-state index contributed by atoms with van der Waals surface area (Å²) in [5.74, 6) is 0.625. The molecule has 0 saturated carbocycles. The van der Waals surface area contributed by atoms with Crippen molar-refractivity contribution in [3.63, 3.8) is 0 Å². The molecule has 116 valence electrons. The summed E-state index contributed by atoms with van der Waals surface area (Å²) < 4.78 is 5.57. The molecule has 1 atom stereocenters. The molecule has 2 aromatic carbocycles. The van der Waals surface area contributed by atoms with E-state index in [2.05, 4.69) is 19.2 Å². The Balaban J connectivity index is 1.90. The van der Waals surface area contributed by atoms with E-state index in [1.165, 1.54) is 5.56 Å². The van der Waals surface area contributed by atoms with Crippen LogP contribution >= 0.6 is 0 Å². The highest BCUT2D eigenvalue weighted by molar-refractivity contribution is 5.78. The van der Waals surface area contributed by atoms with Crippen molar-refractivity contribution in [3.05, 3.63) is 65.2 Å². The van der Waals surface area contributed by atoms with Gasteiger partial charge in [0, 0.05) is 0 Å². The van der Waals surface area contributed by atoms with Crippen LogP contribution in [0.15, 0.2) is 48.5 Å². The Morgan fingerprint density at radius 2 is 1.82 bits per heavy atom. The van der Waals surface area contributed by atoms with Gasteiger partial charge in [0.05, 0.1) is 6.04 Å². The maximum absolute atomic E-state index is 12.1. The van der Waals surface area contributed by atoms with E-state index in [9.17, 15) is 4.79 Å². The summed E-state index contributed by atoms with van der Waals surface area (Å²) in [6.45, 7) is 6.18. The third-order valence-corrected chi connectivity index (χ3v) is 3.79. The fourth-order valence-corrected chi connectivity index (χ4v) is 2.30. The predicted octanol–water partition coefficient (Wildman–Crippen LogP) is 3.95. The smallest absolute Gasteiger partial charge is 0.258 e. The minimum atomic E-state index is -0.103. The number of carbonyl (C=O) groups is 1. The molecule has 1 amide bonds. The summed E-state index contributed by atoms with van der Waals surface area (Å²) in [5, 5.41) is 3.02. The number of ether oxygens (including phenoxy) is 1. The lowest BCUT2D eigenvalue weighted by atomic mass is 10.0. The summed E-state index contributed by atoms with van der Waals surface area (Å²) >= 11 is 0. The van der Waals surface area contributed by atoms with Crippen LogP contribution in [0.3, 0.4) is 0 Å². The topological polar surface area (TPSA) is 38.3 Å². The Labute approximate surface area is 132 Å². The molecule has 0 saturated heterocycles. The molecule has 3 nitrogen and oxygen atoms in total. The molecule has 0 radical (unpaired) electrons. The fourth-order valence-electron chi connectivity index (χ4n) is 2.30. The van der Waals surface area contributed by atoms with Crippen molar-refractivity contribution < 1.29 is 9.53 Å². The molecule has 0 spiro atoms. The molecule has 0 aliphatic rings. The second-order valence-electron chi connectivity index (χ2n) is 5.47. The van der Waals surface area contributed by atoms with E-state index < -0.39 is 0 Å². The Hall–Kier alpha value is -2.29. The molecule has 2 aromatic rings. The van der Waals surface area contributed by atoms with Crippen LogP contribution in [-0.2, 0) is 4.79 Å². The third kappa shape index (κ3) is 4.35. The highest BCUT2D eigenvalue weighted by Gasteiger charge is 2.12. The first-order valence-electron chi connectivity index (χ1n) is 7.64. The lowest BCUT2D eigenvalue weighted by Gasteiger charge is -2.17. The first-order chi connectivity index (χ1) is 10.6. The molecule has 22 heavy (non-hydrogen) atoms. The maximum Gasteiger partial charge on any atom is 0.258 e. The molecule has 0 aromatic heterocycles. The SMILES string of the molecule is CC[C@H](NC(=O)COc1ccc(C)c(C)c1)c1ccccc1. The van der Waals surface area contributed by atoms with E-state index in [1.54, 1.807) is 0 Å². The van der Waals surface area contributed by atoms with Crippen molar-refractivity contribution in [1.29, 1.82) is 0 Å². The highest BCUT2D eigenvalue weighted by atomic mass is 16.5. The number of rotatable bonds is 6. The summed E-state index contributed by atoms with van der Waals surface area (Å²) in [6, 6.07) is 15.9. The fraction of sp³-hybridized carbons (Fsp3) is 0.316. The van der Waals surface area contributed by atoms with E-state index in [-0.39, 0.29) is 18.6 Å². The molecule has 1 N–H and O–H groups in total. The molecule has 0 fully saturated rings. The van der Waals surface area contributed by atoms with Gasteiger partial charge < -0.3 is 10.1 Å². The van der Waals surface area contributed by atoms with Gasteiger partial charge in [-0.15, -0.1) is 0 Å². The highest BCUT2D eigenvalue weighted by Crippen LogP contribution is 2.17. The minimum absolute atomic E-state index is 0.0250. The van der Waals surface area contributed by atoms with Crippen LogP contribution in [0, 0.1) is 13.8 Å². The zero-order chi connectivity index (χ0) is 15.9. The van der Waals surface area contributed by atoms with Crippen LogP contribution < -0.4 is 10.1 Å². The number of hydrogen-bond acceptors (Lipinski definition) is 2. The van der Waals surface area contributed by atoms with Crippen molar-refractivity contribution in [3.8, 4) is 5.75 Å². The zero-order valence-electron chi connectivity index (χ0n) is 13.4. The number of carbonyl (C=O) groups excluding carboxylic acids is 1. The van der Waals surface area contributed by atoms with Gasteiger partial charge in [-0.05, 0) is 49.1 Å². The first-order valence-corrected chi connectivity index (χ1v) is 7.64. The molecule has 0 heterocycles. The van der Waals surface area contributed by atoms with E-state index in [0.29, 0.717) is 0 Å². The summed E-state index contributed by atoms with van der Waals surface area (Å²) in [4.78, 5) is 12.1. The normalized spacial score (nSPS) is 11.8. The Morgan fingerprint density at radius 3 is 2.45 bits per heavy atom. The molecule has 0 aliphatic heterocycles. The van der Waals surface area contributed by atoms with Gasteiger partial charge in [-0.3, -0.25) is 4.79 Å². The van der Waals surface area contributed by atoms with Gasteiger partial charge in [0.15, 0.2) is 6.61 Å². The Morgan fingerprint density at radius 1 is 1.09 bits per heavy atom. The van der Waals surface area contributed by atoms with Crippen LogP contribution in [0.5, 0.6) is 5.75 Å². The summed E-state index contributed by atoms with van der Waals surface area (Å²) in [6.07, 6.45) is 0.847. The van der Waals surface area contributed by atoms with Crippen molar-refractivity contribution in [2.24, 2.45) is 0 Å². The number of amides is 1. The van der Waals surface area contributed by atoms with Gasteiger partial charge in [0.25, 0.3) is 5.91 Å². The second kappa shape index (κ2) is 7.64. The molecule has 0 unspecified atom stereocenters. The van der Waals surface area contributed by atoms with Crippen LogP contribution in [0.4, 0.5) is 0 Å². The lowest BCUT2D eigenvalue weighted by Crippen LogP contribution is -2.32. The zero-order valence-corrected chi connectivity index (χ0v) is 13.4. The van der Waals surface area contributed by atoms with Gasteiger partial charge in [0.2, 0.25) is 0 Å². The third-order valence-electron chi connectivity index (χ3n) is 3.79. The molecule has 3 heteroatoms. The average Bonchev–Trinajstić information content (AvgIpc) is 2.54. The monoisotopic (exact) mass is 297 g/mol. The molecule has 2 rings (SSSR count). The van der Waals surface area contributed by atoms with Crippen molar-refractivity contribution >= 4 is 5.91 Å². The molecule has 0 bridgehead atoms. The first kappa shape index (κ1) is 16.1. The van der Waals surface area contributed by atoms with Crippen LogP contribution in [0.1, 0.15) is 36.1 Å². The van der Waals surface area contributed by atoms with Crippen molar-refractivity contribution in [1.82, 2.24) is 5.32 Å². The quantitative estimate of drug-likeness (QED) is 0.876. The predicted molar refractivity (Wildman–Crippen MR) is 89.0 cm³/mol. The van der Waals surface area contributed by atoms with Gasteiger partial charge in [0.1, 0.15) is 5.75 Å².